The summed E-state index contributed by atoms with van der Waals surface area (Å²) in [7, 11) is 0. The summed E-state index contributed by atoms with van der Waals surface area (Å²) in [6, 6.07) is 9.04. The van der Waals surface area contributed by atoms with Crippen LogP contribution in [0, 0.1) is 5.82 Å². The van der Waals surface area contributed by atoms with Gasteiger partial charge in [-0.05, 0) is 36.4 Å². The maximum Gasteiger partial charge on any atom is 0.255 e. The van der Waals surface area contributed by atoms with Crippen molar-refractivity contribution in [2.45, 2.75) is 0 Å². The number of hydrogen-bond acceptors (Lipinski definition) is 4. The molecule has 3 rings (SSSR count). The Bertz CT molecular complexity index is 835. The Balaban J connectivity index is 1.87. The van der Waals surface area contributed by atoms with Crippen molar-refractivity contribution in [3.05, 3.63) is 60.2 Å². The van der Waals surface area contributed by atoms with Crippen LogP contribution < -0.4 is 11.1 Å². The Morgan fingerprint density at radius 1 is 1.05 bits per heavy atom. The molecule has 0 saturated heterocycles. The number of hydrogen-bond donors (Lipinski definition) is 2. The smallest absolute Gasteiger partial charge is 0.255 e. The van der Waals surface area contributed by atoms with Crippen LogP contribution in [0.25, 0.3) is 11.0 Å². The Labute approximate surface area is 119 Å². The second-order valence-electron chi connectivity index (χ2n) is 4.45. The molecule has 0 bridgehead atoms. The third-order valence-electron chi connectivity index (χ3n) is 2.99. The van der Waals surface area contributed by atoms with Crippen LogP contribution in [0.3, 0.4) is 0 Å². The van der Waals surface area contributed by atoms with Gasteiger partial charge >= 0.3 is 0 Å². The van der Waals surface area contributed by atoms with Crippen molar-refractivity contribution in [3.8, 4) is 0 Å². The zero-order chi connectivity index (χ0) is 14.8. The molecule has 3 N–H and O–H groups in total. The average molecular weight is 282 g/mol. The van der Waals surface area contributed by atoms with E-state index in [-0.39, 0.29) is 11.6 Å². The molecule has 6 heteroatoms. The van der Waals surface area contributed by atoms with E-state index in [0.29, 0.717) is 22.3 Å². The average Bonchev–Trinajstić information content (AvgIpc) is 2.50. The zero-order valence-corrected chi connectivity index (χ0v) is 10.9. The summed E-state index contributed by atoms with van der Waals surface area (Å²) in [4.78, 5) is 20.4. The monoisotopic (exact) mass is 282 g/mol. The van der Waals surface area contributed by atoms with Crippen molar-refractivity contribution < 1.29 is 9.18 Å². The summed E-state index contributed by atoms with van der Waals surface area (Å²) in [6.45, 7) is 0. The molecule has 0 aliphatic heterocycles. The molecule has 1 aromatic heterocycles. The van der Waals surface area contributed by atoms with Gasteiger partial charge in [0.1, 0.15) is 5.82 Å². The molecule has 0 spiro atoms. The largest absolute Gasteiger partial charge is 0.396 e. The van der Waals surface area contributed by atoms with Crippen molar-refractivity contribution in [3.63, 3.8) is 0 Å². The van der Waals surface area contributed by atoms with E-state index in [1.165, 1.54) is 18.2 Å². The first kappa shape index (κ1) is 13.0. The number of halogens is 1. The fourth-order valence-corrected chi connectivity index (χ4v) is 1.93. The van der Waals surface area contributed by atoms with E-state index < -0.39 is 5.82 Å². The van der Waals surface area contributed by atoms with Crippen LogP contribution in [-0.2, 0) is 0 Å². The topological polar surface area (TPSA) is 80.9 Å². The summed E-state index contributed by atoms with van der Waals surface area (Å²) in [6.07, 6.45) is 3.15. The molecule has 1 amide bonds. The van der Waals surface area contributed by atoms with Gasteiger partial charge in [0.05, 0.1) is 16.7 Å². The first-order valence-electron chi connectivity index (χ1n) is 6.20. The molecule has 0 radical (unpaired) electrons. The minimum absolute atomic E-state index is 0.0165. The molecular weight excluding hydrogens is 271 g/mol. The molecule has 21 heavy (non-hydrogen) atoms. The van der Waals surface area contributed by atoms with Crippen LogP contribution in [0.15, 0.2) is 48.8 Å². The van der Waals surface area contributed by atoms with Gasteiger partial charge in [-0.25, -0.2) is 4.39 Å². The number of carbonyl (C=O) groups excluding carboxylic acids is 1. The lowest BCUT2D eigenvalue weighted by Gasteiger charge is -2.07. The van der Waals surface area contributed by atoms with Gasteiger partial charge < -0.3 is 11.1 Å². The summed E-state index contributed by atoms with van der Waals surface area (Å²) in [5, 5.41) is 2.66. The van der Waals surface area contributed by atoms with E-state index in [4.69, 9.17) is 5.73 Å². The number of benzene rings is 2. The van der Waals surface area contributed by atoms with E-state index in [1.807, 2.05) is 0 Å². The first-order valence-corrected chi connectivity index (χ1v) is 6.20. The molecule has 0 fully saturated rings. The van der Waals surface area contributed by atoms with Gasteiger partial charge in [-0.1, -0.05) is 0 Å². The summed E-state index contributed by atoms with van der Waals surface area (Å²) >= 11 is 0. The lowest BCUT2D eigenvalue weighted by atomic mass is 10.1. The highest BCUT2D eigenvalue weighted by molar-refractivity contribution is 6.06. The lowest BCUT2D eigenvalue weighted by molar-refractivity contribution is 0.102. The van der Waals surface area contributed by atoms with E-state index in [2.05, 4.69) is 15.3 Å². The van der Waals surface area contributed by atoms with Crippen molar-refractivity contribution in [2.75, 3.05) is 11.1 Å². The maximum absolute atomic E-state index is 13.1. The molecule has 0 saturated carbocycles. The molecule has 5 nitrogen and oxygen atoms in total. The van der Waals surface area contributed by atoms with Gasteiger partial charge in [0.15, 0.2) is 0 Å². The summed E-state index contributed by atoms with van der Waals surface area (Å²) in [5.41, 5.74) is 7.65. The molecule has 0 aliphatic carbocycles. The van der Waals surface area contributed by atoms with Crippen LogP contribution in [0.5, 0.6) is 0 Å². The number of anilines is 2. The van der Waals surface area contributed by atoms with Gasteiger partial charge in [0.25, 0.3) is 5.91 Å². The van der Waals surface area contributed by atoms with Gasteiger partial charge in [-0.15, -0.1) is 0 Å². The number of amides is 1. The van der Waals surface area contributed by atoms with E-state index in [0.717, 1.165) is 0 Å². The Kier molecular flexibility index (Phi) is 3.19. The number of nitrogen functional groups attached to an aromatic ring is 1. The van der Waals surface area contributed by atoms with Crippen molar-refractivity contribution >= 4 is 28.3 Å². The fraction of sp³-hybridized carbons (Fsp3) is 0. The highest BCUT2D eigenvalue weighted by Crippen LogP contribution is 2.18. The lowest BCUT2D eigenvalue weighted by Crippen LogP contribution is -2.12. The minimum atomic E-state index is -0.519. The number of aromatic nitrogens is 2. The quantitative estimate of drug-likeness (QED) is 0.708. The van der Waals surface area contributed by atoms with Gasteiger partial charge in [0.2, 0.25) is 0 Å². The number of nitrogens with zero attached hydrogens (tertiary/aromatic N) is 2. The normalized spacial score (nSPS) is 10.5. The van der Waals surface area contributed by atoms with E-state index in [1.54, 1.807) is 30.6 Å². The highest BCUT2D eigenvalue weighted by Gasteiger charge is 2.09. The Morgan fingerprint density at radius 2 is 1.81 bits per heavy atom. The standard InChI is InChI=1S/C15H11FN4O/c16-11-3-2-10(8-12(11)17)20-15(21)9-1-4-13-14(7-9)19-6-5-18-13/h1-8H,17H2,(H,20,21). The number of nitrogens with one attached hydrogen (secondary N) is 1. The number of nitrogens with two attached hydrogens (primary N) is 1. The second-order valence-corrected chi connectivity index (χ2v) is 4.45. The molecule has 1 heterocycles. The van der Waals surface area contributed by atoms with Crippen LogP contribution in [0.1, 0.15) is 10.4 Å². The second kappa shape index (κ2) is 5.16. The van der Waals surface area contributed by atoms with E-state index in [9.17, 15) is 9.18 Å². The van der Waals surface area contributed by atoms with Crippen molar-refractivity contribution in [1.29, 1.82) is 0 Å². The molecule has 0 unspecified atom stereocenters. The number of carbonyl (C=O) groups is 1. The van der Waals surface area contributed by atoms with Crippen LogP contribution in [0.2, 0.25) is 0 Å². The van der Waals surface area contributed by atoms with Crippen LogP contribution in [-0.4, -0.2) is 15.9 Å². The molecule has 0 atom stereocenters. The first-order chi connectivity index (χ1) is 10.1. The third kappa shape index (κ3) is 2.64. The Hall–Kier alpha value is -3.02. The molecule has 104 valence electrons. The SMILES string of the molecule is Nc1cc(NC(=O)c2ccc3nccnc3c2)ccc1F. The third-order valence-corrected chi connectivity index (χ3v) is 2.99. The summed E-state index contributed by atoms with van der Waals surface area (Å²) < 4.78 is 13.1. The van der Waals surface area contributed by atoms with Crippen LogP contribution >= 0.6 is 0 Å². The number of fused-ring (bicyclic) bond motifs is 1. The predicted molar refractivity (Wildman–Crippen MR) is 78.3 cm³/mol. The zero-order valence-electron chi connectivity index (χ0n) is 10.9. The van der Waals surface area contributed by atoms with Gasteiger partial charge in [-0.2, -0.15) is 0 Å². The molecule has 3 aromatic rings. The van der Waals surface area contributed by atoms with Crippen molar-refractivity contribution in [2.24, 2.45) is 0 Å². The van der Waals surface area contributed by atoms with Gasteiger partial charge in [-0.3, -0.25) is 14.8 Å². The van der Waals surface area contributed by atoms with Crippen molar-refractivity contribution in [1.82, 2.24) is 9.97 Å². The molecular formula is C15H11FN4O. The molecule has 2 aromatic carbocycles. The minimum Gasteiger partial charge on any atom is -0.396 e. The maximum atomic E-state index is 13.1. The summed E-state index contributed by atoms with van der Waals surface area (Å²) in [5.74, 6) is -0.845. The highest BCUT2D eigenvalue weighted by atomic mass is 19.1. The fourth-order valence-electron chi connectivity index (χ4n) is 1.93. The van der Waals surface area contributed by atoms with Crippen LogP contribution in [0.4, 0.5) is 15.8 Å². The van der Waals surface area contributed by atoms with Gasteiger partial charge in [0, 0.05) is 23.6 Å². The Morgan fingerprint density at radius 3 is 2.57 bits per heavy atom. The predicted octanol–water partition coefficient (Wildman–Crippen LogP) is 2.60. The van der Waals surface area contributed by atoms with E-state index >= 15 is 0 Å². The number of rotatable bonds is 2. The molecule has 0 aliphatic rings.